The van der Waals surface area contributed by atoms with E-state index in [2.05, 4.69) is 0 Å². The van der Waals surface area contributed by atoms with E-state index in [1.54, 1.807) is 7.11 Å². The normalized spacial score (nSPS) is 23.8. The minimum atomic E-state index is -1.43. The number of aliphatic hydroxyl groups is 1. The first-order chi connectivity index (χ1) is 36.6. The molecule has 0 aliphatic carbocycles. The molecule has 2 aliphatic rings. The molecule has 2 fully saturated rings. The molecular weight excluding hydrogens is 937 g/mol. The smallest absolute Gasteiger partial charge is 0.187 e. The Kier molecular flexibility index (Phi) is 19.9. The molecule has 2 saturated heterocycles. The summed E-state index contributed by atoms with van der Waals surface area (Å²) in [6.45, 7) is 1.74. The van der Waals surface area contributed by atoms with Gasteiger partial charge in [0.25, 0.3) is 0 Å². The van der Waals surface area contributed by atoms with E-state index in [0.29, 0.717) is 6.61 Å². The van der Waals surface area contributed by atoms with Crippen LogP contribution >= 0.6 is 0 Å². The standard InChI is InChI=1S/C62H66O12/c1-64-52-34-32-51(33-35-52)42-67-56-54(73-61(63)59(70-40-49-28-16-6-17-29-49)57(56)68-38-47-24-12-4-13-25-47)44-72-62-60(71-41-50-30-18-7-19-31-50)58(69-39-48-26-14-5-15-27-48)55(66-37-46-22-10-3-11-23-46)53(74-62)43-65-36-45-20-8-2-9-21-45/h2-35,53-63H,36-44H2,1H3/t53-,54-,55-,56-,57+,58+,59-,60-,61+,62-/m1/s1. The molecule has 0 spiro atoms. The van der Waals surface area contributed by atoms with Crippen molar-refractivity contribution in [2.24, 2.45) is 0 Å². The second kappa shape index (κ2) is 28.0. The van der Waals surface area contributed by atoms with Crippen LogP contribution in [0, 0.1) is 0 Å². The van der Waals surface area contributed by atoms with Gasteiger partial charge in [-0.3, -0.25) is 0 Å². The Bertz CT molecular complexity index is 2620. The number of methoxy groups -OCH3 is 1. The molecule has 0 radical (unpaired) electrons. The van der Waals surface area contributed by atoms with Gasteiger partial charge in [0, 0.05) is 0 Å². The van der Waals surface area contributed by atoms with Crippen molar-refractivity contribution in [2.75, 3.05) is 20.3 Å². The Morgan fingerprint density at radius 2 is 0.649 bits per heavy atom. The predicted molar refractivity (Wildman–Crippen MR) is 278 cm³/mol. The van der Waals surface area contributed by atoms with Crippen molar-refractivity contribution >= 4 is 0 Å². The highest BCUT2D eigenvalue weighted by atomic mass is 16.7. The maximum atomic E-state index is 12.0. The van der Waals surface area contributed by atoms with Crippen molar-refractivity contribution in [3.63, 3.8) is 0 Å². The number of benzene rings is 7. The molecule has 0 unspecified atom stereocenters. The zero-order chi connectivity index (χ0) is 50.6. The second-order valence-corrected chi connectivity index (χ2v) is 18.4. The molecule has 10 atom stereocenters. The topological polar surface area (TPSA) is 122 Å². The monoisotopic (exact) mass is 1000 g/mol. The van der Waals surface area contributed by atoms with Gasteiger partial charge in [-0.25, -0.2) is 0 Å². The van der Waals surface area contributed by atoms with Gasteiger partial charge in [0.1, 0.15) is 54.6 Å². The van der Waals surface area contributed by atoms with E-state index in [1.165, 1.54) is 0 Å². The number of rotatable bonds is 26. The van der Waals surface area contributed by atoms with Crippen LogP contribution in [-0.4, -0.2) is 86.8 Å². The average Bonchev–Trinajstić information content (AvgIpc) is 3.46. The zero-order valence-electron chi connectivity index (χ0n) is 41.7. The van der Waals surface area contributed by atoms with Gasteiger partial charge in [0.15, 0.2) is 12.6 Å². The van der Waals surface area contributed by atoms with Crippen molar-refractivity contribution in [3.05, 3.63) is 245 Å². The summed E-state index contributed by atoms with van der Waals surface area (Å²) in [6.07, 6.45) is -8.93. The molecule has 0 bridgehead atoms. The van der Waals surface area contributed by atoms with E-state index in [9.17, 15) is 5.11 Å². The van der Waals surface area contributed by atoms with Crippen LogP contribution in [0.4, 0.5) is 0 Å². The van der Waals surface area contributed by atoms with Gasteiger partial charge in [0.05, 0.1) is 66.6 Å². The van der Waals surface area contributed by atoms with Crippen LogP contribution in [0.5, 0.6) is 5.75 Å². The van der Waals surface area contributed by atoms with Crippen molar-refractivity contribution < 1.29 is 57.2 Å². The molecule has 0 amide bonds. The number of hydrogen-bond donors (Lipinski definition) is 1. The quantitative estimate of drug-likeness (QED) is 0.0556. The zero-order valence-corrected chi connectivity index (χ0v) is 41.7. The molecule has 74 heavy (non-hydrogen) atoms. The summed E-state index contributed by atoms with van der Waals surface area (Å²) in [7, 11) is 1.63. The van der Waals surface area contributed by atoms with Gasteiger partial charge < -0.3 is 57.2 Å². The molecule has 7 aromatic carbocycles. The molecular formula is C62H66O12. The van der Waals surface area contributed by atoms with E-state index >= 15 is 0 Å². The maximum Gasteiger partial charge on any atom is 0.187 e. The highest BCUT2D eigenvalue weighted by molar-refractivity contribution is 5.27. The van der Waals surface area contributed by atoms with Gasteiger partial charge in [-0.05, 0) is 51.1 Å². The lowest BCUT2D eigenvalue weighted by atomic mass is 9.97. The van der Waals surface area contributed by atoms with Crippen LogP contribution in [0.2, 0.25) is 0 Å². The number of aliphatic hydroxyl groups excluding tert-OH is 1. The van der Waals surface area contributed by atoms with Crippen molar-refractivity contribution in [2.45, 2.75) is 108 Å². The lowest BCUT2D eigenvalue weighted by Crippen LogP contribution is -2.63. The van der Waals surface area contributed by atoms with E-state index in [0.717, 1.165) is 44.7 Å². The Labute approximate surface area is 434 Å². The molecule has 0 aromatic heterocycles. The molecule has 7 aromatic rings. The second-order valence-electron chi connectivity index (χ2n) is 18.4. The number of ether oxygens (including phenoxy) is 11. The summed E-state index contributed by atoms with van der Waals surface area (Å²) in [6, 6.07) is 67.3. The van der Waals surface area contributed by atoms with Gasteiger partial charge in [-0.2, -0.15) is 0 Å². The molecule has 0 saturated carbocycles. The van der Waals surface area contributed by atoms with Gasteiger partial charge in [0.2, 0.25) is 0 Å². The number of hydrogen-bond acceptors (Lipinski definition) is 12. The Hall–Kier alpha value is -6.10. The largest absolute Gasteiger partial charge is 0.497 e. The van der Waals surface area contributed by atoms with E-state index in [1.807, 2.05) is 206 Å². The SMILES string of the molecule is COc1ccc(CO[C@H]2[C@H](OCc3ccccc3)[C@@H](OCc3ccccc3)[C@@H](O)O[C@@H]2CO[C@@H]2O[C@H](COCc3ccccc3)[C@@H](OCc3ccccc3)[C@H](OCc3ccccc3)[C@H]2OCc2ccccc2)cc1. The van der Waals surface area contributed by atoms with Crippen molar-refractivity contribution in [1.82, 2.24) is 0 Å². The van der Waals surface area contributed by atoms with E-state index in [4.69, 9.17) is 52.1 Å². The highest BCUT2D eigenvalue weighted by Crippen LogP contribution is 2.35. The van der Waals surface area contributed by atoms with Gasteiger partial charge >= 0.3 is 0 Å². The first-order valence-corrected chi connectivity index (χ1v) is 25.3. The predicted octanol–water partition coefficient (Wildman–Crippen LogP) is 10.2. The summed E-state index contributed by atoms with van der Waals surface area (Å²) in [5.41, 5.74) is 6.69. The summed E-state index contributed by atoms with van der Waals surface area (Å²) >= 11 is 0. The van der Waals surface area contributed by atoms with Crippen LogP contribution in [0.25, 0.3) is 0 Å². The minimum Gasteiger partial charge on any atom is -0.497 e. The molecule has 2 heterocycles. The first-order valence-electron chi connectivity index (χ1n) is 25.3. The summed E-state index contributed by atoms with van der Waals surface area (Å²) in [5, 5.41) is 12.0. The molecule has 12 heteroatoms. The van der Waals surface area contributed by atoms with E-state index in [-0.39, 0.29) is 52.9 Å². The van der Waals surface area contributed by atoms with Crippen LogP contribution in [0.3, 0.4) is 0 Å². The molecule has 2 aliphatic heterocycles. The Balaban J connectivity index is 1.04. The highest BCUT2D eigenvalue weighted by Gasteiger charge is 2.52. The van der Waals surface area contributed by atoms with E-state index < -0.39 is 61.4 Å². The van der Waals surface area contributed by atoms with Crippen LogP contribution in [0.15, 0.2) is 206 Å². The Morgan fingerprint density at radius 3 is 1.05 bits per heavy atom. The maximum absolute atomic E-state index is 12.0. The van der Waals surface area contributed by atoms with Crippen LogP contribution in [-0.2, 0) is 93.6 Å². The summed E-state index contributed by atoms with van der Waals surface area (Å²) < 4.78 is 73.5. The Morgan fingerprint density at radius 1 is 0.324 bits per heavy atom. The minimum absolute atomic E-state index is 0.116. The first kappa shape index (κ1) is 52.8. The summed E-state index contributed by atoms with van der Waals surface area (Å²) in [5.74, 6) is 0.724. The average molecular weight is 1000 g/mol. The lowest BCUT2D eigenvalue weighted by Gasteiger charge is -2.47. The van der Waals surface area contributed by atoms with Gasteiger partial charge in [-0.1, -0.05) is 194 Å². The third-order valence-corrected chi connectivity index (χ3v) is 13.0. The fourth-order valence-electron chi connectivity index (χ4n) is 9.12. The molecule has 12 nitrogen and oxygen atoms in total. The van der Waals surface area contributed by atoms with Crippen molar-refractivity contribution in [3.8, 4) is 5.75 Å². The van der Waals surface area contributed by atoms with Crippen molar-refractivity contribution in [1.29, 1.82) is 0 Å². The third-order valence-electron chi connectivity index (χ3n) is 13.0. The van der Waals surface area contributed by atoms with Gasteiger partial charge in [-0.15, -0.1) is 0 Å². The fraction of sp³-hybridized carbons (Fsp3) is 0.323. The lowest BCUT2D eigenvalue weighted by molar-refractivity contribution is -0.349. The molecule has 1 N–H and O–H groups in total. The molecule has 9 rings (SSSR count). The van der Waals surface area contributed by atoms with Crippen LogP contribution < -0.4 is 4.74 Å². The third kappa shape index (κ3) is 15.3. The summed E-state index contributed by atoms with van der Waals surface area (Å²) in [4.78, 5) is 0. The van der Waals surface area contributed by atoms with Crippen LogP contribution in [0.1, 0.15) is 38.9 Å². The fourth-order valence-corrected chi connectivity index (χ4v) is 9.12. The molecule has 386 valence electrons.